The molecule has 2 saturated heterocycles. The van der Waals surface area contributed by atoms with E-state index in [-0.39, 0.29) is 92.7 Å². The number of nitrogens with one attached hydrogen (secondary N) is 1. The van der Waals surface area contributed by atoms with Crippen LogP contribution in [0.2, 0.25) is 0 Å². The van der Waals surface area contributed by atoms with E-state index >= 15 is 0 Å². The fraction of sp³-hybridized carbons (Fsp3) is 0.488. The Morgan fingerprint density at radius 1 is 0.738 bits per heavy atom. The minimum Gasteiger partial charge on any atom is -0.483 e. The predicted octanol–water partition coefficient (Wildman–Crippen LogP) is 15.2. The number of benzene rings is 4. The predicted molar refractivity (Wildman–Crippen MR) is 389 cm³/mol. The number of esters is 3. The molecule has 0 bridgehead atoms. The van der Waals surface area contributed by atoms with Crippen LogP contribution in [-0.2, 0) is 60.6 Å². The number of hydrogen-bond donors (Lipinski definition) is 1. The Morgan fingerprint density at radius 2 is 1.35 bits per heavy atom. The number of ketones is 1. The topological polar surface area (TPSA) is 210 Å². The van der Waals surface area contributed by atoms with Crippen LogP contribution in [0.5, 0.6) is 11.5 Å². The number of amides is 3. The van der Waals surface area contributed by atoms with Gasteiger partial charge in [-0.25, -0.2) is 23.5 Å². The number of para-hydroxylation sites is 2. The molecule has 2 saturated carbocycles. The third-order valence-electron chi connectivity index (χ3n) is 22.0. The molecule has 2 aromatic heterocycles. The lowest BCUT2D eigenvalue weighted by atomic mass is 9.85. The highest BCUT2D eigenvalue weighted by atomic mass is 19.1. The molecule has 3 amide bonds. The number of carbonyl (C=O) groups is 7. The summed E-state index contributed by atoms with van der Waals surface area (Å²) in [5, 5.41) is 4.94. The fourth-order valence-electron chi connectivity index (χ4n) is 16.4. The van der Waals surface area contributed by atoms with Crippen molar-refractivity contribution in [3.63, 3.8) is 0 Å². The van der Waals surface area contributed by atoms with Gasteiger partial charge in [0, 0.05) is 70.0 Å². The van der Waals surface area contributed by atoms with E-state index in [2.05, 4.69) is 24.6 Å². The zero-order valence-corrected chi connectivity index (χ0v) is 60.3. The molecule has 544 valence electrons. The molecule has 1 N–H and O–H groups in total. The first kappa shape index (κ1) is 73.6. The second kappa shape index (κ2) is 30.7. The zero-order valence-electron chi connectivity index (χ0n) is 60.3. The molecule has 2 spiro atoms. The van der Waals surface area contributed by atoms with Gasteiger partial charge in [-0.1, -0.05) is 118 Å². The van der Waals surface area contributed by atoms with Gasteiger partial charge >= 0.3 is 17.9 Å². The highest BCUT2D eigenvalue weighted by Crippen LogP contribution is 2.58. The van der Waals surface area contributed by atoms with Crippen LogP contribution in [0.25, 0.3) is 44.3 Å². The highest BCUT2D eigenvalue weighted by molar-refractivity contribution is 5.98. The van der Waals surface area contributed by atoms with Crippen LogP contribution in [0.4, 0.5) is 8.78 Å². The summed E-state index contributed by atoms with van der Waals surface area (Å²) in [6, 6.07) is 26.4. The first-order chi connectivity index (χ1) is 49.5. The number of pyridine rings is 2. The van der Waals surface area contributed by atoms with Crippen LogP contribution in [0, 0.1) is 40.7 Å². The van der Waals surface area contributed by atoms with Gasteiger partial charge in [-0.3, -0.25) is 28.8 Å². The molecule has 19 heteroatoms. The Kier molecular flexibility index (Phi) is 21.9. The maximum atomic E-state index is 14.8. The molecule has 4 fully saturated rings. The van der Waals surface area contributed by atoms with E-state index in [4.69, 9.17) is 33.7 Å². The fourth-order valence-corrected chi connectivity index (χ4v) is 16.4. The smallest absolute Gasteiger partial charge is 0.332 e. The lowest BCUT2D eigenvalue weighted by molar-refractivity contribution is -0.159. The summed E-state index contributed by atoms with van der Waals surface area (Å²) in [4.78, 5) is 111. The summed E-state index contributed by atoms with van der Waals surface area (Å²) in [6.07, 6.45) is 19.5. The number of aromatic nitrogens is 2. The van der Waals surface area contributed by atoms with Crippen molar-refractivity contribution in [1.29, 1.82) is 0 Å². The van der Waals surface area contributed by atoms with E-state index in [9.17, 15) is 42.3 Å². The maximum absolute atomic E-state index is 14.8. The van der Waals surface area contributed by atoms with Crippen LogP contribution in [0.1, 0.15) is 168 Å². The third-order valence-corrected chi connectivity index (χ3v) is 22.0. The highest BCUT2D eigenvalue weighted by Gasteiger charge is 2.65. The number of nitrogens with zero attached hydrogens (tertiary/aromatic N) is 4. The Bertz CT molecular complexity index is 4300. The minimum absolute atomic E-state index is 0.0136. The van der Waals surface area contributed by atoms with E-state index in [0.29, 0.717) is 85.4 Å². The monoisotopic (exact) mass is 1410 g/mol. The van der Waals surface area contributed by atoms with Gasteiger partial charge in [-0.2, -0.15) is 0 Å². The summed E-state index contributed by atoms with van der Waals surface area (Å²) < 4.78 is 59.7. The number of likely N-dealkylation sites (tertiary alicyclic amines) is 1. The number of hydrogen-bond acceptors (Lipinski definition) is 14. The minimum atomic E-state index is -1.22. The SMILES string of the molecule is C=CCCCCC[C@H](C)C(=O)N1C[C@@]2(CCc3c(c(-c4cccc(F)c4)nc4ccccc34)O2)C[C@H]1C(=O)C[C@]1(C(=O)OCC)C[C@H]1C=C.CCOC(=O)[C@@]12C[C@H]1/C=C\CCCCC[C@H](CC(=O)OC(C)(C)C)C(=O)N1C[C@@]3(CCc4c(c(-c5cccc(F)c5)nc5ccccc45)O3)C[C@H]1C(=O)N2. The van der Waals surface area contributed by atoms with E-state index in [1.807, 2.05) is 73.7 Å². The Morgan fingerprint density at radius 3 is 1.93 bits per heavy atom. The van der Waals surface area contributed by atoms with E-state index in [1.54, 1.807) is 68.7 Å². The van der Waals surface area contributed by atoms with Gasteiger partial charge in [0.2, 0.25) is 17.7 Å². The lowest BCUT2D eigenvalue weighted by Crippen LogP contribution is -2.54. The summed E-state index contributed by atoms with van der Waals surface area (Å²) in [6.45, 7) is 19.2. The van der Waals surface area contributed by atoms with Gasteiger partial charge in [-0.05, 0) is 154 Å². The maximum Gasteiger partial charge on any atom is 0.332 e. The van der Waals surface area contributed by atoms with Crippen molar-refractivity contribution in [3.05, 3.63) is 157 Å². The molecule has 103 heavy (non-hydrogen) atoms. The van der Waals surface area contributed by atoms with Crippen molar-refractivity contribution in [2.75, 3.05) is 26.3 Å². The largest absolute Gasteiger partial charge is 0.483 e. The van der Waals surface area contributed by atoms with Gasteiger partial charge in [0.25, 0.3) is 0 Å². The van der Waals surface area contributed by atoms with Crippen molar-refractivity contribution in [2.45, 2.75) is 204 Å². The Labute approximate surface area is 602 Å². The number of allylic oxidation sites excluding steroid dienone is 3. The molecular formula is C84H97F2N5O12. The molecule has 6 aromatic rings. The van der Waals surface area contributed by atoms with Crippen molar-refractivity contribution in [1.82, 2.24) is 25.1 Å². The average molecular weight is 1410 g/mol. The first-order valence-corrected chi connectivity index (χ1v) is 37.1. The molecule has 17 nitrogen and oxygen atoms in total. The molecule has 7 heterocycles. The first-order valence-electron chi connectivity index (χ1n) is 37.1. The number of Topliss-reactive ketones (excluding diaryl/α,β-unsaturated/α-hetero) is 1. The van der Waals surface area contributed by atoms with Crippen LogP contribution < -0.4 is 14.8 Å². The van der Waals surface area contributed by atoms with Crippen LogP contribution in [0.15, 0.2) is 135 Å². The molecule has 7 aliphatic rings. The van der Waals surface area contributed by atoms with Gasteiger partial charge < -0.3 is 38.8 Å². The second-order valence-corrected chi connectivity index (χ2v) is 30.5. The molecule has 2 aliphatic carbocycles. The van der Waals surface area contributed by atoms with Gasteiger partial charge in [0.15, 0.2) is 5.78 Å². The average Bonchev–Trinajstić information content (AvgIpc) is 1.69. The number of fused-ring (bicyclic) bond motifs is 8. The summed E-state index contributed by atoms with van der Waals surface area (Å²) in [5.74, 6) is -3.44. The summed E-state index contributed by atoms with van der Waals surface area (Å²) >= 11 is 0. The van der Waals surface area contributed by atoms with Gasteiger partial charge in [0.05, 0.1) is 55.2 Å². The number of unbranched alkanes of at least 4 members (excludes halogenated alkanes) is 3. The molecule has 0 unspecified atom stereocenters. The quantitative estimate of drug-likeness (QED) is 0.0346. The van der Waals surface area contributed by atoms with Crippen LogP contribution in [-0.4, -0.2) is 122 Å². The van der Waals surface area contributed by atoms with Crippen molar-refractivity contribution in [3.8, 4) is 34.0 Å². The summed E-state index contributed by atoms with van der Waals surface area (Å²) in [7, 11) is 0. The van der Waals surface area contributed by atoms with E-state index in [0.717, 1.165) is 90.7 Å². The van der Waals surface area contributed by atoms with Gasteiger partial charge in [0.1, 0.15) is 62.9 Å². The number of aryl methyl sites for hydroxylation is 2. The number of rotatable bonds is 19. The Hall–Kier alpha value is -9.13. The van der Waals surface area contributed by atoms with Crippen molar-refractivity contribution < 1.29 is 66.0 Å². The molecular weight excluding hydrogens is 1310 g/mol. The zero-order chi connectivity index (χ0) is 73.0. The van der Waals surface area contributed by atoms with E-state index < -0.39 is 69.4 Å². The molecule has 10 atom stereocenters. The van der Waals surface area contributed by atoms with E-state index in [1.165, 1.54) is 24.3 Å². The second-order valence-electron chi connectivity index (χ2n) is 30.5. The molecule has 0 radical (unpaired) electrons. The Balaban J connectivity index is 0.000000195. The number of ether oxygens (including phenoxy) is 5. The molecule has 5 aliphatic heterocycles. The van der Waals surface area contributed by atoms with Gasteiger partial charge in [-0.15, -0.1) is 13.2 Å². The number of carbonyl (C=O) groups excluding carboxylic acids is 7. The molecule has 13 rings (SSSR count). The normalized spacial score (nSPS) is 26.2. The van der Waals surface area contributed by atoms with Crippen LogP contribution >= 0.6 is 0 Å². The standard InChI is InChI=1S/C43H50FN3O7.C41H47FN2O5/c1-5-52-40(51)43-24-29(43)16-10-8-6-7-9-14-28(23-35(48)53-41(2,3)4)39(50)47-26-42(25-34(47)38(49)46-43)21-20-32-31-18-11-12-19-33(31)45-36(37(32)54-42)27-15-13-17-30(44)22-27;1-5-8-9-10-11-15-27(4)38(46)44-26-40(24-34(44)35(45)25-41(23-29(41)6-2)39(47)48-7-3)21-20-32-31-18-12-13-19-33(31)43-36(37(32)49-40)28-16-14-17-30(42)22-28/h10-13,15-19,22,28-29,34H,5-9,14,20-21,23-26H2,1-4H3,(H,46,49);5-6,12-14,16-19,22,27,29,34H,1-2,7-11,15,20-21,23-26H2,3-4H3/b16-10-;/t28-,29-,34+,42-,43-;27-,29+,34-,40+,41+/m10/s1. The van der Waals surface area contributed by atoms with Crippen LogP contribution in [0.3, 0.4) is 0 Å². The number of halogens is 2. The van der Waals surface area contributed by atoms with Crippen molar-refractivity contribution in [2.24, 2.45) is 29.1 Å². The third kappa shape index (κ3) is 15.7. The summed E-state index contributed by atoms with van der Waals surface area (Å²) in [5.41, 5.74) is 0.911. The van der Waals surface area contributed by atoms with Crippen molar-refractivity contribution >= 4 is 63.2 Å². The lowest BCUT2D eigenvalue weighted by Gasteiger charge is -2.37. The molecule has 4 aromatic carbocycles.